The van der Waals surface area contributed by atoms with Crippen LogP contribution in [0.2, 0.25) is 0 Å². The molecular weight excluding hydrogens is 372 g/mol. The first-order chi connectivity index (χ1) is 9.92. The summed E-state index contributed by atoms with van der Waals surface area (Å²) in [5.74, 6) is 1.49. The van der Waals surface area contributed by atoms with Gasteiger partial charge < -0.3 is 5.73 Å². The summed E-state index contributed by atoms with van der Waals surface area (Å²) in [6, 6.07) is 1.65. The summed E-state index contributed by atoms with van der Waals surface area (Å²) in [5.41, 5.74) is 5.56. The number of thiophene rings is 1. The molecule has 3 N–H and O–H groups in total. The highest BCUT2D eigenvalue weighted by molar-refractivity contribution is 9.11. The van der Waals surface area contributed by atoms with Gasteiger partial charge in [-0.3, -0.25) is 0 Å². The highest BCUT2D eigenvalue weighted by atomic mass is 79.9. The van der Waals surface area contributed by atoms with Crippen molar-refractivity contribution in [2.75, 3.05) is 6.54 Å². The van der Waals surface area contributed by atoms with Gasteiger partial charge in [0, 0.05) is 18.0 Å². The van der Waals surface area contributed by atoms with Gasteiger partial charge in [-0.2, -0.15) is 0 Å². The van der Waals surface area contributed by atoms with Crippen LogP contribution in [-0.4, -0.2) is 15.0 Å². The molecule has 21 heavy (non-hydrogen) atoms. The van der Waals surface area contributed by atoms with Crippen LogP contribution in [0.15, 0.2) is 14.7 Å². The van der Waals surface area contributed by atoms with Crippen LogP contribution in [-0.2, 0) is 16.6 Å². The second-order valence-corrected chi connectivity index (χ2v) is 10.1. The molecule has 0 amide bonds. The number of sulfonamides is 1. The van der Waals surface area contributed by atoms with E-state index in [0.29, 0.717) is 27.7 Å². The Hall–Kier alpha value is 0.0500. The topological polar surface area (TPSA) is 72.2 Å². The molecule has 7 heteroatoms. The van der Waals surface area contributed by atoms with Crippen LogP contribution in [0.4, 0.5) is 0 Å². The third-order valence-electron chi connectivity index (χ3n) is 4.18. The molecule has 120 valence electrons. The predicted molar refractivity (Wildman–Crippen MR) is 90.8 cm³/mol. The number of rotatable bonds is 6. The maximum absolute atomic E-state index is 12.3. The summed E-state index contributed by atoms with van der Waals surface area (Å²) >= 11 is 4.69. The Kier molecular flexibility index (Phi) is 6.25. The van der Waals surface area contributed by atoms with Crippen LogP contribution < -0.4 is 10.5 Å². The minimum Gasteiger partial charge on any atom is -0.326 e. The highest BCUT2D eigenvalue weighted by Crippen LogP contribution is 2.32. The second kappa shape index (κ2) is 7.55. The zero-order chi connectivity index (χ0) is 15.5. The van der Waals surface area contributed by atoms with Crippen LogP contribution in [0.1, 0.15) is 43.9 Å². The Balaban J connectivity index is 1.88. The molecule has 0 saturated heterocycles. The molecule has 1 aromatic rings. The van der Waals surface area contributed by atoms with E-state index in [1.165, 1.54) is 37.0 Å². The van der Waals surface area contributed by atoms with Gasteiger partial charge in [-0.1, -0.05) is 32.6 Å². The Bertz CT molecular complexity index is 564. The summed E-state index contributed by atoms with van der Waals surface area (Å²) in [7, 11) is -3.43. The van der Waals surface area contributed by atoms with Crippen LogP contribution in [0.3, 0.4) is 0 Å². The molecule has 1 heterocycles. The molecule has 0 atom stereocenters. The predicted octanol–water partition coefficient (Wildman–Crippen LogP) is 3.46. The third-order valence-corrected chi connectivity index (χ3v) is 7.91. The first-order valence-corrected chi connectivity index (χ1v) is 10.5. The van der Waals surface area contributed by atoms with E-state index in [1.54, 1.807) is 6.07 Å². The normalized spacial score (nSPS) is 23.4. The summed E-state index contributed by atoms with van der Waals surface area (Å²) in [5, 5.41) is 0. The van der Waals surface area contributed by atoms with E-state index in [4.69, 9.17) is 5.73 Å². The fraction of sp³-hybridized carbons (Fsp3) is 0.714. The van der Waals surface area contributed by atoms with E-state index in [-0.39, 0.29) is 0 Å². The van der Waals surface area contributed by atoms with Crippen molar-refractivity contribution < 1.29 is 8.42 Å². The lowest BCUT2D eigenvalue weighted by molar-refractivity contribution is 0.278. The average molecular weight is 395 g/mol. The van der Waals surface area contributed by atoms with E-state index < -0.39 is 10.0 Å². The molecule has 1 saturated carbocycles. The van der Waals surface area contributed by atoms with Crippen molar-refractivity contribution in [1.82, 2.24) is 4.72 Å². The van der Waals surface area contributed by atoms with E-state index in [9.17, 15) is 8.42 Å². The lowest BCUT2D eigenvalue weighted by Gasteiger charge is -2.26. The van der Waals surface area contributed by atoms with Gasteiger partial charge in [0.2, 0.25) is 10.0 Å². The fourth-order valence-electron chi connectivity index (χ4n) is 2.77. The van der Waals surface area contributed by atoms with Crippen LogP contribution in [0, 0.1) is 11.8 Å². The van der Waals surface area contributed by atoms with Gasteiger partial charge in [-0.15, -0.1) is 11.3 Å². The molecule has 1 aliphatic carbocycles. The van der Waals surface area contributed by atoms with E-state index >= 15 is 0 Å². The first-order valence-electron chi connectivity index (χ1n) is 7.40. The monoisotopic (exact) mass is 394 g/mol. The van der Waals surface area contributed by atoms with Gasteiger partial charge >= 0.3 is 0 Å². The van der Waals surface area contributed by atoms with Crippen molar-refractivity contribution in [1.29, 1.82) is 0 Å². The number of halogens is 1. The molecule has 1 aromatic heterocycles. The molecule has 1 aliphatic rings. The Labute approximate surface area is 139 Å². The second-order valence-electron chi connectivity index (χ2n) is 5.87. The molecule has 1 fully saturated rings. The summed E-state index contributed by atoms with van der Waals surface area (Å²) < 4.78 is 27.9. The minimum atomic E-state index is -3.43. The van der Waals surface area contributed by atoms with E-state index in [2.05, 4.69) is 27.6 Å². The van der Waals surface area contributed by atoms with Crippen molar-refractivity contribution >= 4 is 37.3 Å². The number of nitrogens with one attached hydrogen (secondary N) is 1. The molecular formula is C14H23BrN2O2S2. The first kappa shape index (κ1) is 17.4. The average Bonchev–Trinajstić information content (AvgIpc) is 2.83. The molecule has 2 rings (SSSR count). The van der Waals surface area contributed by atoms with Crippen LogP contribution in [0.5, 0.6) is 0 Å². The van der Waals surface area contributed by atoms with Gasteiger partial charge in [-0.05, 0) is 40.3 Å². The molecule has 0 unspecified atom stereocenters. The van der Waals surface area contributed by atoms with Crippen molar-refractivity contribution in [3.63, 3.8) is 0 Å². The minimum absolute atomic E-state index is 0.310. The summed E-state index contributed by atoms with van der Waals surface area (Å²) in [6.07, 6.45) is 5.92. The molecule has 0 bridgehead atoms. The number of hydrogen-bond acceptors (Lipinski definition) is 4. The van der Waals surface area contributed by atoms with Crippen molar-refractivity contribution in [3.05, 3.63) is 14.7 Å². The molecule has 4 nitrogen and oxygen atoms in total. The molecule has 0 aromatic carbocycles. The largest absolute Gasteiger partial charge is 0.326 e. The summed E-state index contributed by atoms with van der Waals surface area (Å²) in [6.45, 7) is 3.17. The van der Waals surface area contributed by atoms with Gasteiger partial charge in [0.05, 0.1) is 3.79 Å². The van der Waals surface area contributed by atoms with Crippen LogP contribution in [0.25, 0.3) is 0 Å². The maximum Gasteiger partial charge on any atom is 0.242 e. The number of hydrogen-bond donors (Lipinski definition) is 2. The lowest BCUT2D eigenvalue weighted by Crippen LogP contribution is -2.27. The molecule has 0 spiro atoms. The Morgan fingerprint density at radius 2 is 2.05 bits per heavy atom. The zero-order valence-corrected chi connectivity index (χ0v) is 15.5. The van der Waals surface area contributed by atoms with E-state index in [1.807, 2.05) is 0 Å². The van der Waals surface area contributed by atoms with Gasteiger partial charge in [0.1, 0.15) is 4.90 Å². The smallest absolute Gasteiger partial charge is 0.242 e. The van der Waals surface area contributed by atoms with Gasteiger partial charge in [-0.25, -0.2) is 13.1 Å². The van der Waals surface area contributed by atoms with Gasteiger partial charge in [0.25, 0.3) is 0 Å². The molecule has 0 aliphatic heterocycles. The quantitative estimate of drug-likeness (QED) is 0.775. The Morgan fingerprint density at radius 1 is 1.38 bits per heavy atom. The van der Waals surface area contributed by atoms with E-state index in [0.717, 1.165) is 17.2 Å². The molecule has 0 radical (unpaired) electrons. The van der Waals surface area contributed by atoms with Crippen LogP contribution >= 0.6 is 27.3 Å². The number of nitrogens with two attached hydrogens (primary N) is 1. The van der Waals surface area contributed by atoms with Crippen molar-refractivity contribution in [2.45, 2.75) is 50.5 Å². The fourth-order valence-corrected chi connectivity index (χ4v) is 6.38. The van der Waals surface area contributed by atoms with Gasteiger partial charge in [0.15, 0.2) is 0 Å². The summed E-state index contributed by atoms with van der Waals surface area (Å²) in [4.78, 5) is 1.17. The zero-order valence-electron chi connectivity index (χ0n) is 12.3. The Morgan fingerprint density at radius 3 is 2.62 bits per heavy atom. The highest BCUT2D eigenvalue weighted by Gasteiger charge is 2.22. The lowest BCUT2D eigenvalue weighted by atomic mass is 9.81. The third kappa shape index (κ3) is 4.76. The van der Waals surface area contributed by atoms with Crippen molar-refractivity contribution in [3.8, 4) is 0 Å². The van der Waals surface area contributed by atoms with Crippen molar-refractivity contribution in [2.24, 2.45) is 17.6 Å². The maximum atomic E-state index is 12.3. The SMILES string of the molecule is CC1CCC(CCNS(=O)(=O)c2cc(CN)sc2Br)CC1. The standard InChI is InChI=1S/C14H23BrN2O2S2/c1-10-2-4-11(5-3-10)6-7-17-21(18,19)13-8-12(9-16)20-14(13)15/h8,10-11,17H,2-7,9,16H2,1H3.